The third kappa shape index (κ3) is 4.00. The number of aryl methyl sites for hydroxylation is 1. The Morgan fingerprint density at radius 3 is 2.52 bits per heavy atom. The zero-order valence-corrected chi connectivity index (χ0v) is 14.5. The molecule has 0 saturated carbocycles. The minimum atomic E-state index is -0.595. The number of hydrogen-bond acceptors (Lipinski definition) is 5. The summed E-state index contributed by atoms with van der Waals surface area (Å²) in [6.07, 6.45) is 0. The lowest BCUT2D eigenvalue weighted by Crippen LogP contribution is -2.08. The van der Waals surface area contributed by atoms with Crippen molar-refractivity contribution in [2.45, 2.75) is 13.8 Å². The summed E-state index contributed by atoms with van der Waals surface area (Å²) in [6.45, 7) is 4.35. The van der Waals surface area contributed by atoms with Gasteiger partial charge < -0.3 is 14.0 Å². The van der Waals surface area contributed by atoms with E-state index in [-0.39, 0.29) is 5.69 Å². The average molecular weight is 358 g/mol. The second-order valence-electron chi connectivity index (χ2n) is 5.33. The SMILES string of the molecule is CCOc1ccc(-c2cc(C(=O)Oc3ccc(Cl)c(C)c3)no2)cc1. The largest absolute Gasteiger partial charge is 0.494 e. The van der Waals surface area contributed by atoms with Crippen molar-refractivity contribution in [3.05, 3.63) is 64.8 Å². The third-order valence-corrected chi connectivity index (χ3v) is 3.93. The molecule has 6 heteroatoms. The van der Waals surface area contributed by atoms with Crippen LogP contribution in [0.3, 0.4) is 0 Å². The van der Waals surface area contributed by atoms with Gasteiger partial charge in [-0.2, -0.15) is 0 Å². The Kier molecular flexibility index (Phi) is 5.05. The van der Waals surface area contributed by atoms with E-state index in [2.05, 4.69) is 5.16 Å². The Morgan fingerprint density at radius 2 is 1.84 bits per heavy atom. The van der Waals surface area contributed by atoms with Gasteiger partial charge >= 0.3 is 5.97 Å². The van der Waals surface area contributed by atoms with Gasteiger partial charge in [0.15, 0.2) is 11.5 Å². The number of esters is 1. The van der Waals surface area contributed by atoms with Crippen LogP contribution in [0.5, 0.6) is 11.5 Å². The standard InChI is InChI=1S/C19H16ClNO4/c1-3-23-14-6-4-13(5-7-14)18-11-17(21-25-18)19(22)24-15-8-9-16(20)12(2)10-15/h4-11H,3H2,1-2H3. The van der Waals surface area contributed by atoms with Crippen LogP contribution in [0.1, 0.15) is 23.0 Å². The molecule has 1 heterocycles. The van der Waals surface area contributed by atoms with Gasteiger partial charge in [0.1, 0.15) is 11.5 Å². The van der Waals surface area contributed by atoms with E-state index in [4.69, 9.17) is 25.6 Å². The zero-order valence-electron chi connectivity index (χ0n) is 13.8. The molecular formula is C19H16ClNO4. The Balaban J connectivity index is 1.73. The van der Waals surface area contributed by atoms with E-state index in [1.165, 1.54) is 0 Å². The van der Waals surface area contributed by atoms with Crippen LogP contribution in [-0.2, 0) is 0 Å². The van der Waals surface area contributed by atoms with Crippen LogP contribution < -0.4 is 9.47 Å². The summed E-state index contributed by atoms with van der Waals surface area (Å²) >= 11 is 5.96. The van der Waals surface area contributed by atoms with Gasteiger partial charge in [0.2, 0.25) is 0 Å². The molecule has 25 heavy (non-hydrogen) atoms. The second kappa shape index (κ2) is 7.40. The lowest BCUT2D eigenvalue weighted by molar-refractivity contribution is 0.0724. The van der Waals surface area contributed by atoms with Gasteiger partial charge in [-0.05, 0) is 61.9 Å². The van der Waals surface area contributed by atoms with E-state index < -0.39 is 5.97 Å². The molecule has 0 saturated heterocycles. The summed E-state index contributed by atoms with van der Waals surface area (Å²) in [5.41, 5.74) is 1.70. The van der Waals surface area contributed by atoms with Crippen molar-refractivity contribution in [3.8, 4) is 22.8 Å². The van der Waals surface area contributed by atoms with Gasteiger partial charge in [-0.15, -0.1) is 0 Å². The number of rotatable bonds is 5. The molecule has 1 aromatic heterocycles. The highest BCUT2D eigenvalue weighted by Gasteiger charge is 2.16. The van der Waals surface area contributed by atoms with Crippen LogP contribution in [0.2, 0.25) is 5.02 Å². The number of aromatic nitrogens is 1. The molecule has 0 fully saturated rings. The molecule has 0 spiro atoms. The van der Waals surface area contributed by atoms with Crippen LogP contribution >= 0.6 is 11.6 Å². The van der Waals surface area contributed by atoms with Crippen molar-refractivity contribution in [1.82, 2.24) is 5.16 Å². The summed E-state index contributed by atoms with van der Waals surface area (Å²) in [5.74, 6) is 1.05. The highest BCUT2D eigenvalue weighted by Crippen LogP contribution is 2.25. The predicted octanol–water partition coefficient (Wildman–Crippen LogP) is 4.92. The second-order valence-corrected chi connectivity index (χ2v) is 5.74. The Morgan fingerprint density at radius 1 is 1.12 bits per heavy atom. The molecule has 0 amide bonds. The molecule has 0 atom stereocenters. The Labute approximate surface area is 150 Å². The van der Waals surface area contributed by atoms with Crippen LogP contribution in [0.4, 0.5) is 0 Å². The van der Waals surface area contributed by atoms with E-state index in [9.17, 15) is 4.79 Å². The highest BCUT2D eigenvalue weighted by molar-refractivity contribution is 6.31. The Hall–Kier alpha value is -2.79. The highest BCUT2D eigenvalue weighted by atomic mass is 35.5. The number of carbonyl (C=O) groups is 1. The lowest BCUT2D eigenvalue weighted by atomic mass is 10.1. The summed E-state index contributed by atoms with van der Waals surface area (Å²) in [6, 6.07) is 13.9. The number of ether oxygens (including phenoxy) is 2. The molecule has 128 valence electrons. The molecule has 5 nitrogen and oxygen atoms in total. The van der Waals surface area contributed by atoms with Crippen molar-refractivity contribution in [3.63, 3.8) is 0 Å². The predicted molar refractivity (Wildman–Crippen MR) is 94.3 cm³/mol. The van der Waals surface area contributed by atoms with Crippen molar-refractivity contribution < 1.29 is 18.8 Å². The van der Waals surface area contributed by atoms with Crippen molar-refractivity contribution in [1.29, 1.82) is 0 Å². The van der Waals surface area contributed by atoms with Gasteiger partial charge in [-0.1, -0.05) is 16.8 Å². The van der Waals surface area contributed by atoms with Gasteiger partial charge in [0, 0.05) is 16.7 Å². The summed E-state index contributed by atoms with van der Waals surface area (Å²) in [5, 5.41) is 4.39. The van der Waals surface area contributed by atoms with Gasteiger partial charge in [-0.3, -0.25) is 0 Å². The molecule has 3 aromatic rings. The number of nitrogens with zero attached hydrogens (tertiary/aromatic N) is 1. The molecule has 0 aliphatic carbocycles. The molecular weight excluding hydrogens is 342 g/mol. The summed E-state index contributed by atoms with van der Waals surface area (Å²) in [4.78, 5) is 12.2. The van der Waals surface area contributed by atoms with Gasteiger partial charge in [0.25, 0.3) is 0 Å². The maximum Gasteiger partial charge on any atom is 0.365 e. The van der Waals surface area contributed by atoms with E-state index in [0.29, 0.717) is 23.1 Å². The molecule has 0 aliphatic rings. The number of halogens is 1. The Bertz CT molecular complexity index is 887. The molecule has 2 aromatic carbocycles. The van der Waals surface area contributed by atoms with Crippen LogP contribution in [-0.4, -0.2) is 17.7 Å². The molecule has 0 N–H and O–H groups in total. The van der Waals surface area contributed by atoms with E-state index in [1.54, 1.807) is 24.3 Å². The first kappa shape index (κ1) is 17.0. The monoisotopic (exact) mass is 357 g/mol. The smallest absolute Gasteiger partial charge is 0.365 e. The quantitative estimate of drug-likeness (QED) is 0.479. The van der Waals surface area contributed by atoms with Crippen LogP contribution in [0.15, 0.2) is 53.1 Å². The average Bonchev–Trinajstić information content (AvgIpc) is 3.09. The lowest BCUT2D eigenvalue weighted by Gasteiger charge is -2.04. The first-order chi connectivity index (χ1) is 12.1. The maximum atomic E-state index is 12.2. The minimum absolute atomic E-state index is 0.0940. The van der Waals surface area contributed by atoms with E-state index in [0.717, 1.165) is 16.9 Å². The zero-order chi connectivity index (χ0) is 17.8. The fraction of sp³-hybridized carbons (Fsp3) is 0.158. The number of carbonyl (C=O) groups excluding carboxylic acids is 1. The van der Waals surface area contributed by atoms with E-state index >= 15 is 0 Å². The van der Waals surface area contributed by atoms with Crippen molar-refractivity contribution in [2.75, 3.05) is 6.61 Å². The fourth-order valence-corrected chi connectivity index (χ4v) is 2.35. The third-order valence-electron chi connectivity index (χ3n) is 3.51. The number of hydrogen-bond donors (Lipinski definition) is 0. The van der Waals surface area contributed by atoms with Gasteiger partial charge in [0.05, 0.1) is 6.61 Å². The topological polar surface area (TPSA) is 61.6 Å². The minimum Gasteiger partial charge on any atom is -0.494 e. The van der Waals surface area contributed by atoms with Crippen LogP contribution in [0.25, 0.3) is 11.3 Å². The fourth-order valence-electron chi connectivity index (χ4n) is 2.23. The van der Waals surface area contributed by atoms with Crippen LogP contribution in [0, 0.1) is 6.92 Å². The molecule has 0 aliphatic heterocycles. The normalized spacial score (nSPS) is 10.5. The first-order valence-electron chi connectivity index (χ1n) is 7.75. The molecule has 0 unspecified atom stereocenters. The molecule has 0 radical (unpaired) electrons. The summed E-state index contributed by atoms with van der Waals surface area (Å²) < 4.78 is 15.9. The maximum absolute atomic E-state index is 12.2. The number of benzene rings is 2. The summed E-state index contributed by atoms with van der Waals surface area (Å²) in [7, 11) is 0. The van der Waals surface area contributed by atoms with Gasteiger partial charge in [-0.25, -0.2) is 4.79 Å². The molecule has 0 bridgehead atoms. The van der Waals surface area contributed by atoms with Crippen molar-refractivity contribution in [2.24, 2.45) is 0 Å². The molecule has 3 rings (SSSR count). The van der Waals surface area contributed by atoms with E-state index in [1.807, 2.05) is 38.1 Å². The van der Waals surface area contributed by atoms with Crippen molar-refractivity contribution >= 4 is 17.6 Å². The first-order valence-corrected chi connectivity index (χ1v) is 8.13.